The highest BCUT2D eigenvalue weighted by Crippen LogP contribution is 2.33. The molecule has 1 saturated heterocycles. The molecule has 158 valence electrons. The highest BCUT2D eigenvalue weighted by Gasteiger charge is 2.28. The molecule has 0 spiro atoms. The van der Waals surface area contributed by atoms with Crippen LogP contribution in [0.5, 0.6) is 5.75 Å². The van der Waals surface area contributed by atoms with Gasteiger partial charge >= 0.3 is 0 Å². The van der Waals surface area contributed by atoms with Crippen LogP contribution < -0.4 is 10.1 Å². The number of nitrogens with zero attached hydrogens (tertiary/aromatic N) is 1. The second-order valence-corrected chi connectivity index (χ2v) is 8.71. The quantitative estimate of drug-likeness (QED) is 0.635. The second-order valence-electron chi connectivity index (χ2n) is 7.92. The van der Waals surface area contributed by atoms with Crippen LogP contribution in [0.15, 0.2) is 30.0 Å². The first-order valence-corrected chi connectivity index (χ1v) is 11.5. The lowest BCUT2D eigenvalue weighted by Crippen LogP contribution is -2.41. The topological polar surface area (TPSA) is 58.6 Å². The van der Waals surface area contributed by atoms with Crippen LogP contribution in [-0.4, -0.2) is 36.9 Å². The fourth-order valence-corrected chi connectivity index (χ4v) is 4.78. The van der Waals surface area contributed by atoms with Crippen LogP contribution >= 0.6 is 15.9 Å². The average Bonchev–Trinajstić information content (AvgIpc) is 3.06. The van der Waals surface area contributed by atoms with E-state index in [4.69, 9.17) is 4.74 Å². The normalized spacial score (nSPS) is 19.2. The molecule has 5 nitrogen and oxygen atoms in total. The zero-order valence-electron chi connectivity index (χ0n) is 17.2. The molecule has 1 N–H and O–H groups in total. The third-order valence-corrected chi connectivity index (χ3v) is 6.72. The highest BCUT2D eigenvalue weighted by atomic mass is 79.9. The van der Waals surface area contributed by atoms with Crippen molar-refractivity contribution in [3.63, 3.8) is 0 Å². The van der Waals surface area contributed by atoms with Crippen molar-refractivity contribution < 1.29 is 14.3 Å². The van der Waals surface area contributed by atoms with E-state index < -0.39 is 0 Å². The van der Waals surface area contributed by atoms with Gasteiger partial charge in [0, 0.05) is 24.6 Å². The molecule has 6 heteroatoms. The van der Waals surface area contributed by atoms with E-state index in [0.29, 0.717) is 15.9 Å². The van der Waals surface area contributed by atoms with Crippen LogP contribution in [0.25, 0.3) is 4.48 Å². The zero-order valence-corrected chi connectivity index (χ0v) is 18.8. The summed E-state index contributed by atoms with van der Waals surface area (Å²) in [6.07, 6.45) is 9.41. The maximum atomic E-state index is 13.5. The molecule has 0 aromatic heterocycles. The Morgan fingerprint density at radius 2 is 1.62 bits per heavy atom. The summed E-state index contributed by atoms with van der Waals surface area (Å²) in [5.74, 6) is 0.477. The molecule has 0 atom stereocenters. The van der Waals surface area contributed by atoms with E-state index in [9.17, 15) is 9.59 Å². The van der Waals surface area contributed by atoms with Crippen LogP contribution in [0.3, 0.4) is 0 Å². The lowest BCUT2D eigenvalue weighted by molar-refractivity contribution is -0.131. The molecule has 1 aromatic carbocycles. The molecule has 1 aliphatic carbocycles. The van der Waals surface area contributed by atoms with E-state index >= 15 is 0 Å². The number of para-hydroxylation sites is 1. The molecule has 0 radical (unpaired) electrons. The Balaban J connectivity index is 1.93. The summed E-state index contributed by atoms with van der Waals surface area (Å²) in [4.78, 5) is 28.3. The lowest BCUT2D eigenvalue weighted by atomic mass is 9.88. The summed E-state index contributed by atoms with van der Waals surface area (Å²) in [7, 11) is 1.61. The van der Waals surface area contributed by atoms with Crippen molar-refractivity contribution >= 4 is 32.2 Å². The number of likely N-dealkylation sites (tertiary alicyclic amines) is 1. The van der Waals surface area contributed by atoms with Crippen molar-refractivity contribution in [1.29, 1.82) is 0 Å². The van der Waals surface area contributed by atoms with Crippen molar-refractivity contribution in [1.82, 2.24) is 10.2 Å². The Hall–Kier alpha value is -1.82. The van der Waals surface area contributed by atoms with E-state index in [-0.39, 0.29) is 17.7 Å². The number of hydrogen-bond acceptors (Lipinski definition) is 3. The van der Waals surface area contributed by atoms with Gasteiger partial charge in [-0.25, -0.2) is 0 Å². The van der Waals surface area contributed by atoms with Gasteiger partial charge in [0.05, 0.1) is 11.6 Å². The van der Waals surface area contributed by atoms with Crippen molar-refractivity contribution in [2.45, 2.75) is 57.8 Å². The summed E-state index contributed by atoms with van der Waals surface area (Å²) < 4.78 is 6.06. The molecule has 2 fully saturated rings. The number of rotatable bonds is 5. The van der Waals surface area contributed by atoms with E-state index in [0.717, 1.165) is 70.0 Å². The van der Waals surface area contributed by atoms with Crippen molar-refractivity contribution in [3.05, 3.63) is 35.5 Å². The molecule has 3 rings (SSSR count). The first-order valence-electron chi connectivity index (χ1n) is 10.7. The maximum absolute atomic E-state index is 13.5. The third-order valence-electron chi connectivity index (χ3n) is 5.89. The fraction of sp³-hybridized carbons (Fsp3) is 0.565. The number of halogens is 1. The summed E-state index contributed by atoms with van der Waals surface area (Å²) in [5.41, 5.74) is 1.09. The molecule has 2 amide bonds. The number of amides is 2. The van der Waals surface area contributed by atoms with E-state index in [1.807, 2.05) is 29.2 Å². The maximum Gasteiger partial charge on any atom is 0.271 e. The highest BCUT2D eigenvalue weighted by molar-refractivity contribution is 9.15. The molecule has 1 heterocycles. The second kappa shape index (κ2) is 10.8. The van der Waals surface area contributed by atoms with Crippen LogP contribution in [0.1, 0.15) is 63.4 Å². The predicted molar refractivity (Wildman–Crippen MR) is 119 cm³/mol. The largest absolute Gasteiger partial charge is 0.496 e. The molecule has 29 heavy (non-hydrogen) atoms. The monoisotopic (exact) mass is 462 g/mol. The van der Waals surface area contributed by atoms with E-state index in [2.05, 4.69) is 21.2 Å². The summed E-state index contributed by atoms with van der Waals surface area (Å²) >= 11 is 3.62. The van der Waals surface area contributed by atoms with Crippen LogP contribution in [-0.2, 0) is 9.59 Å². The number of carbonyl (C=O) groups is 2. The lowest BCUT2D eigenvalue weighted by Gasteiger charge is -2.26. The Labute approximate surface area is 182 Å². The first kappa shape index (κ1) is 21.9. The fourth-order valence-electron chi connectivity index (χ4n) is 4.18. The Morgan fingerprint density at radius 3 is 2.28 bits per heavy atom. The molecule has 0 unspecified atom stereocenters. The van der Waals surface area contributed by atoms with Gasteiger partial charge in [0.15, 0.2) is 0 Å². The van der Waals surface area contributed by atoms with Gasteiger partial charge in [0.2, 0.25) is 5.91 Å². The Morgan fingerprint density at radius 1 is 1.00 bits per heavy atom. The van der Waals surface area contributed by atoms with Crippen molar-refractivity contribution in [2.75, 3.05) is 20.2 Å². The van der Waals surface area contributed by atoms with Gasteiger partial charge in [0.1, 0.15) is 11.4 Å². The molecule has 1 aliphatic heterocycles. The van der Waals surface area contributed by atoms with Gasteiger partial charge in [-0.3, -0.25) is 9.59 Å². The summed E-state index contributed by atoms with van der Waals surface area (Å²) in [6.45, 7) is 1.46. The first-order chi connectivity index (χ1) is 14.1. The number of nitrogens with one attached hydrogen (secondary N) is 1. The minimum Gasteiger partial charge on any atom is -0.496 e. The number of methoxy groups -OCH3 is 1. The van der Waals surface area contributed by atoms with Gasteiger partial charge in [-0.05, 0) is 47.7 Å². The molecular formula is C23H31BrN2O3. The Bertz CT molecular complexity index is 748. The van der Waals surface area contributed by atoms with Gasteiger partial charge in [0.25, 0.3) is 5.91 Å². The van der Waals surface area contributed by atoms with Crippen molar-refractivity contribution in [2.24, 2.45) is 5.92 Å². The smallest absolute Gasteiger partial charge is 0.271 e. The number of ether oxygens (including phenoxy) is 1. The number of hydrogen-bond donors (Lipinski definition) is 1. The van der Waals surface area contributed by atoms with E-state index in [1.165, 1.54) is 6.42 Å². The molecular weight excluding hydrogens is 432 g/mol. The van der Waals surface area contributed by atoms with Crippen LogP contribution in [0.4, 0.5) is 0 Å². The summed E-state index contributed by atoms with van der Waals surface area (Å²) in [6, 6.07) is 7.54. The minimum atomic E-state index is -0.117. The molecule has 2 aliphatic rings. The van der Waals surface area contributed by atoms with Crippen LogP contribution in [0, 0.1) is 5.92 Å². The predicted octanol–water partition coefficient (Wildman–Crippen LogP) is 4.86. The number of carbonyl (C=O) groups excluding carboxylic acids is 2. The van der Waals surface area contributed by atoms with Gasteiger partial charge in [-0.1, -0.05) is 50.3 Å². The average molecular weight is 463 g/mol. The molecule has 1 saturated carbocycles. The SMILES string of the molecule is COc1ccccc1/C(Br)=C(\NC(=O)C1CCCCC1)C(=O)N1CCCCCC1. The Kier molecular flexibility index (Phi) is 8.16. The minimum absolute atomic E-state index is 0.0198. The molecule has 1 aromatic rings. The molecule has 0 bridgehead atoms. The van der Waals surface area contributed by atoms with Gasteiger partial charge in [-0.15, -0.1) is 0 Å². The number of benzene rings is 1. The van der Waals surface area contributed by atoms with Crippen LogP contribution in [0.2, 0.25) is 0 Å². The van der Waals surface area contributed by atoms with E-state index in [1.54, 1.807) is 7.11 Å². The standard InChI is InChI=1S/C23H31BrN2O3/c1-29-19-14-8-7-13-18(19)20(24)21(23(28)26-15-9-2-3-10-16-26)25-22(27)17-11-5-4-6-12-17/h7-8,13-14,17H,2-6,9-12,15-16H2,1H3,(H,25,27)/b21-20+. The van der Waals surface area contributed by atoms with Gasteiger partial charge < -0.3 is 15.0 Å². The third kappa shape index (κ3) is 5.62. The zero-order chi connectivity index (χ0) is 20.6. The van der Waals surface area contributed by atoms with Crippen molar-refractivity contribution in [3.8, 4) is 5.75 Å². The van der Waals surface area contributed by atoms with Gasteiger partial charge in [-0.2, -0.15) is 0 Å². The summed E-state index contributed by atoms with van der Waals surface area (Å²) in [5, 5.41) is 3.00.